The summed E-state index contributed by atoms with van der Waals surface area (Å²) in [5.74, 6) is -0.908. The second kappa shape index (κ2) is 8.96. The van der Waals surface area contributed by atoms with Gasteiger partial charge in [-0.1, -0.05) is 23.7 Å². The zero-order valence-corrected chi connectivity index (χ0v) is 14.8. The molecule has 8 heteroatoms. The van der Waals surface area contributed by atoms with Crippen molar-refractivity contribution in [2.45, 2.75) is 19.8 Å². The summed E-state index contributed by atoms with van der Waals surface area (Å²) in [6.07, 6.45) is 0.692. The third-order valence-electron chi connectivity index (χ3n) is 3.51. The number of ether oxygens (including phenoxy) is 1. The van der Waals surface area contributed by atoms with Crippen LogP contribution in [0.3, 0.4) is 0 Å². The Hall–Kier alpha value is -2.93. The van der Waals surface area contributed by atoms with Gasteiger partial charge in [0.05, 0.1) is 11.5 Å². The number of amides is 1. The van der Waals surface area contributed by atoms with Gasteiger partial charge in [-0.05, 0) is 43.2 Å². The highest BCUT2D eigenvalue weighted by molar-refractivity contribution is 6.31. The lowest BCUT2D eigenvalue weighted by Crippen LogP contribution is -2.14. The van der Waals surface area contributed by atoms with Crippen LogP contribution in [0.15, 0.2) is 42.5 Å². The van der Waals surface area contributed by atoms with E-state index in [9.17, 15) is 19.7 Å². The van der Waals surface area contributed by atoms with Gasteiger partial charge in [-0.3, -0.25) is 19.7 Å². The molecule has 0 spiro atoms. The molecule has 7 nitrogen and oxygen atoms in total. The van der Waals surface area contributed by atoms with Crippen molar-refractivity contribution in [3.8, 4) is 0 Å². The molecule has 2 rings (SSSR count). The molecule has 0 radical (unpaired) electrons. The fraction of sp³-hybridized carbons (Fsp3) is 0.222. The molecule has 0 aliphatic rings. The Morgan fingerprint density at radius 3 is 2.69 bits per heavy atom. The topological polar surface area (TPSA) is 98.5 Å². The number of nitrogens with zero attached hydrogens (tertiary/aromatic N) is 1. The molecule has 0 aromatic heterocycles. The Morgan fingerprint density at radius 2 is 2.00 bits per heavy atom. The average molecular weight is 377 g/mol. The van der Waals surface area contributed by atoms with E-state index in [1.54, 1.807) is 25.1 Å². The van der Waals surface area contributed by atoms with Gasteiger partial charge in [0, 0.05) is 23.2 Å². The first-order valence-electron chi connectivity index (χ1n) is 7.90. The maximum atomic E-state index is 12.4. The van der Waals surface area contributed by atoms with Gasteiger partial charge in [0.25, 0.3) is 11.6 Å². The summed E-state index contributed by atoms with van der Waals surface area (Å²) in [4.78, 5) is 34.3. The van der Waals surface area contributed by atoms with E-state index < -0.39 is 10.8 Å². The number of hydrogen-bond acceptors (Lipinski definition) is 5. The second-order valence-electron chi connectivity index (χ2n) is 5.38. The predicted molar refractivity (Wildman–Crippen MR) is 97.5 cm³/mol. The quantitative estimate of drug-likeness (QED) is 0.447. The summed E-state index contributed by atoms with van der Waals surface area (Å²) >= 11 is 5.76. The third-order valence-corrected chi connectivity index (χ3v) is 3.74. The summed E-state index contributed by atoms with van der Waals surface area (Å²) in [5, 5.41) is 13.9. The number of nitro groups is 1. The molecule has 0 atom stereocenters. The van der Waals surface area contributed by atoms with Crippen LogP contribution in [-0.4, -0.2) is 23.4 Å². The van der Waals surface area contributed by atoms with Crippen molar-refractivity contribution in [2.24, 2.45) is 0 Å². The Bertz CT molecular complexity index is 838. The van der Waals surface area contributed by atoms with Crippen LogP contribution in [0.4, 0.5) is 11.4 Å². The molecule has 0 unspecified atom stereocenters. The first-order valence-corrected chi connectivity index (χ1v) is 8.28. The van der Waals surface area contributed by atoms with Crippen molar-refractivity contribution < 1.29 is 19.2 Å². The molecule has 1 amide bonds. The molecule has 0 aliphatic carbocycles. The van der Waals surface area contributed by atoms with Gasteiger partial charge in [0.15, 0.2) is 0 Å². The van der Waals surface area contributed by atoms with Gasteiger partial charge in [-0.2, -0.15) is 0 Å². The van der Waals surface area contributed by atoms with Crippen LogP contribution in [0.25, 0.3) is 0 Å². The zero-order valence-electron chi connectivity index (χ0n) is 14.0. The van der Waals surface area contributed by atoms with E-state index in [1.165, 1.54) is 12.1 Å². The van der Waals surface area contributed by atoms with Crippen molar-refractivity contribution in [3.63, 3.8) is 0 Å². The van der Waals surface area contributed by atoms with E-state index in [4.69, 9.17) is 16.3 Å². The van der Waals surface area contributed by atoms with Crippen molar-refractivity contribution in [3.05, 3.63) is 68.7 Å². The summed E-state index contributed by atoms with van der Waals surface area (Å²) in [7, 11) is 0. The molecule has 2 aromatic carbocycles. The second-order valence-corrected chi connectivity index (χ2v) is 5.81. The number of esters is 1. The number of carbonyl (C=O) groups is 2. The number of hydrogen-bond donors (Lipinski definition) is 1. The maximum absolute atomic E-state index is 12.4. The number of anilines is 1. The lowest BCUT2D eigenvalue weighted by molar-refractivity contribution is -0.385. The first-order chi connectivity index (χ1) is 12.4. The maximum Gasteiger partial charge on any atom is 0.306 e. The smallest absolute Gasteiger partial charge is 0.306 e. The Labute approximate surface area is 155 Å². The van der Waals surface area contributed by atoms with Gasteiger partial charge < -0.3 is 10.1 Å². The van der Waals surface area contributed by atoms with Crippen molar-refractivity contribution in [1.82, 2.24) is 0 Å². The zero-order chi connectivity index (χ0) is 19.1. The number of carbonyl (C=O) groups excluding carboxylic acids is 2. The molecule has 0 saturated carbocycles. The standard InChI is InChI=1S/C18H17ClN2O5/c1-2-26-17(22)9-6-12-4-3-5-14(10-12)20-18(23)15-8-7-13(19)11-16(15)21(24)25/h3-5,7-8,10-11H,2,6,9H2,1H3,(H,20,23). The summed E-state index contributed by atoms with van der Waals surface area (Å²) in [6, 6.07) is 10.8. The lowest BCUT2D eigenvalue weighted by Gasteiger charge is -2.08. The minimum atomic E-state index is -0.656. The van der Waals surface area contributed by atoms with Crippen LogP contribution < -0.4 is 5.32 Å². The highest BCUT2D eigenvalue weighted by Crippen LogP contribution is 2.24. The Morgan fingerprint density at radius 1 is 1.23 bits per heavy atom. The van der Waals surface area contributed by atoms with E-state index in [2.05, 4.69) is 5.32 Å². The number of aryl methyl sites for hydroxylation is 1. The fourth-order valence-electron chi connectivity index (χ4n) is 2.33. The SMILES string of the molecule is CCOC(=O)CCc1cccc(NC(=O)c2ccc(Cl)cc2[N+](=O)[O-])c1. The number of rotatable bonds is 7. The number of nitro benzene ring substituents is 1. The average Bonchev–Trinajstić information content (AvgIpc) is 2.60. The van der Waals surface area contributed by atoms with Crippen molar-refractivity contribution in [1.29, 1.82) is 0 Å². The number of nitrogens with one attached hydrogen (secondary N) is 1. The Balaban J connectivity index is 2.11. The summed E-state index contributed by atoms with van der Waals surface area (Å²) in [5.41, 5.74) is 0.854. The van der Waals surface area contributed by atoms with Crippen molar-refractivity contribution >= 4 is 34.9 Å². The normalized spacial score (nSPS) is 10.2. The van der Waals surface area contributed by atoms with E-state index in [0.717, 1.165) is 11.6 Å². The molecule has 0 bridgehead atoms. The van der Waals surface area contributed by atoms with Crippen LogP contribution >= 0.6 is 11.6 Å². The molecular formula is C18H17ClN2O5. The van der Waals surface area contributed by atoms with Gasteiger partial charge in [0.2, 0.25) is 0 Å². The largest absolute Gasteiger partial charge is 0.466 e. The molecule has 2 aromatic rings. The number of benzene rings is 2. The van der Waals surface area contributed by atoms with Crippen LogP contribution in [0.1, 0.15) is 29.3 Å². The van der Waals surface area contributed by atoms with Gasteiger partial charge in [-0.25, -0.2) is 0 Å². The third kappa shape index (κ3) is 5.29. The lowest BCUT2D eigenvalue weighted by atomic mass is 10.1. The molecule has 0 fully saturated rings. The highest BCUT2D eigenvalue weighted by Gasteiger charge is 2.20. The summed E-state index contributed by atoms with van der Waals surface area (Å²) < 4.78 is 4.88. The van der Waals surface area contributed by atoms with E-state index in [-0.39, 0.29) is 28.7 Å². The minimum Gasteiger partial charge on any atom is -0.466 e. The van der Waals surface area contributed by atoms with Crippen LogP contribution in [0, 0.1) is 10.1 Å². The fourth-order valence-corrected chi connectivity index (χ4v) is 2.50. The first kappa shape index (κ1) is 19.4. The molecular weight excluding hydrogens is 360 g/mol. The van der Waals surface area contributed by atoms with Gasteiger partial charge >= 0.3 is 5.97 Å². The van der Waals surface area contributed by atoms with Gasteiger partial charge in [0.1, 0.15) is 5.56 Å². The molecule has 0 saturated heterocycles. The van der Waals surface area contributed by atoms with Crippen molar-refractivity contribution in [2.75, 3.05) is 11.9 Å². The van der Waals surface area contributed by atoms with Crippen LogP contribution in [0.2, 0.25) is 5.02 Å². The predicted octanol–water partition coefficient (Wildman–Crippen LogP) is 4.00. The monoisotopic (exact) mass is 376 g/mol. The van der Waals surface area contributed by atoms with Crippen LogP contribution in [0.5, 0.6) is 0 Å². The van der Waals surface area contributed by atoms with E-state index >= 15 is 0 Å². The van der Waals surface area contributed by atoms with Crippen LogP contribution in [-0.2, 0) is 16.0 Å². The Kier molecular flexibility index (Phi) is 6.68. The highest BCUT2D eigenvalue weighted by atomic mass is 35.5. The molecule has 26 heavy (non-hydrogen) atoms. The molecule has 1 N–H and O–H groups in total. The minimum absolute atomic E-state index is 0.0867. The van der Waals surface area contributed by atoms with E-state index in [0.29, 0.717) is 18.7 Å². The molecule has 0 aliphatic heterocycles. The summed E-state index contributed by atoms with van der Waals surface area (Å²) in [6.45, 7) is 2.07. The molecule has 0 heterocycles. The van der Waals surface area contributed by atoms with Gasteiger partial charge in [-0.15, -0.1) is 0 Å². The van der Waals surface area contributed by atoms with E-state index in [1.807, 2.05) is 6.07 Å². The molecule has 136 valence electrons. The number of halogens is 1.